The summed E-state index contributed by atoms with van der Waals surface area (Å²) in [6.45, 7) is 0.292. The van der Waals surface area contributed by atoms with Crippen LogP contribution in [-0.2, 0) is 0 Å². The molecule has 0 aliphatic carbocycles. The monoisotopic (exact) mass is 291 g/mol. The first-order chi connectivity index (χ1) is 10.0. The highest BCUT2D eigenvalue weighted by molar-refractivity contribution is 5.85. The predicted octanol–water partition coefficient (Wildman–Crippen LogP) is 1.39. The first-order valence-electron chi connectivity index (χ1n) is 6.52. The molecule has 1 heterocycles. The summed E-state index contributed by atoms with van der Waals surface area (Å²) in [5, 5.41) is 28.5. The second-order valence-electron chi connectivity index (χ2n) is 4.68. The maximum absolute atomic E-state index is 10.8. The molecule has 2 rings (SSSR count). The Labute approximate surface area is 121 Å². The molecule has 1 aromatic heterocycles. The van der Waals surface area contributed by atoms with Crippen LogP contribution in [0.3, 0.4) is 0 Å². The van der Waals surface area contributed by atoms with Crippen molar-refractivity contribution in [2.24, 2.45) is 5.73 Å². The van der Waals surface area contributed by atoms with Crippen molar-refractivity contribution in [2.45, 2.75) is 18.6 Å². The van der Waals surface area contributed by atoms with Crippen molar-refractivity contribution in [3.05, 3.63) is 47.7 Å². The smallest absolute Gasteiger partial charge is 0.371 e. The van der Waals surface area contributed by atoms with Crippen LogP contribution in [0.5, 0.6) is 0 Å². The summed E-state index contributed by atoms with van der Waals surface area (Å²) in [7, 11) is 0. The molecule has 2 aromatic rings. The molecule has 112 valence electrons. The Balaban J connectivity index is 2.16. The minimum atomic E-state index is -1.13. The first-order valence-corrected chi connectivity index (χ1v) is 6.52. The van der Waals surface area contributed by atoms with E-state index in [0.717, 1.165) is 0 Å². The highest BCUT2D eigenvalue weighted by Gasteiger charge is 2.18. The number of furan rings is 1. The Bertz CT molecular complexity index is 605. The second kappa shape index (κ2) is 6.53. The van der Waals surface area contributed by atoms with Crippen LogP contribution in [0.25, 0.3) is 11.3 Å². The van der Waals surface area contributed by atoms with Crippen molar-refractivity contribution < 1.29 is 24.5 Å². The molecule has 6 nitrogen and oxygen atoms in total. The summed E-state index contributed by atoms with van der Waals surface area (Å²) in [6, 6.07) is 9.64. The van der Waals surface area contributed by atoms with Crippen LogP contribution < -0.4 is 5.73 Å². The topological polar surface area (TPSA) is 117 Å². The summed E-state index contributed by atoms with van der Waals surface area (Å²) in [5.74, 6) is -0.832. The number of hydrogen-bond acceptors (Lipinski definition) is 5. The quantitative estimate of drug-likeness (QED) is 0.639. The Morgan fingerprint density at radius 3 is 2.33 bits per heavy atom. The van der Waals surface area contributed by atoms with Crippen molar-refractivity contribution >= 4 is 5.97 Å². The standard InChI is InChI=1S/C15H17NO5/c16-8-7-11(17)14(18)10-3-1-9(2-4-10)12-5-6-13(21-12)15(19)20/h1-6,11,14,17-18H,7-8,16H2,(H,19,20). The van der Waals surface area contributed by atoms with Crippen molar-refractivity contribution in [1.29, 1.82) is 0 Å². The Hall–Kier alpha value is -2.15. The van der Waals surface area contributed by atoms with Gasteiger partial charge in [-0.1, -0.05) is 24.3 Å². The number of aliphatic hydroxyl groups excluding tert-OH is 2. The lowest BCUT2D eigenvalue weighted by Crippen LogP contribution is -2.21. The van der Waals surface area contributed by atoms with Crippen LogP contribution in [0.4, 0.5) is 0 Å². The SMILES string of the molecule is NCCC(O)C(O)c1ccc(-c2ccc(C(=O)O)o2)cc1. The molecule has 1 aromatic carbocycles. The molecule has 0 bridgehead atoms. The molecular formula is C15H17NO5. The number of rotatable bonds is 6. The van der Waals surface area contributed by atoms with Gasteiger partial charge >= 0.3 is 5.97 Å². The van der Waals surface area contributed by atoms with Gasteiger partial charge in [-0.3, -0.25) is 0 Å². The first kappa shape index (κ1) is 15.2. The number of carboxylic acids is 1. The van der Waals surface area contributed by atoms with Crippen LogP contribution in [0.1, 0.15) is 28.6 Å². The molecule has 5 N–H and O–H groups in total. The number of benzene rings is 1. The predicted molar refractivity (Wildman–Crippen MR) is 75.7 cm³/mol. The second-order valence-corrected chi connectivity index (χ2v) is 4.68. The van der Waals surface area contributed by atoms with Gasteiger partial charge in [0.2, 0.25) is 5.76 Å². The minimum Gasteiger partial charge on any atom is -0.475 e. The summed E-state index contributed by atoms with van der Waals surface area (Å²) in [5.41, 5.74) is 6.59. The highest BCUT2D eigenvalue weighted by Crippen LogP contribution is 2.25. The van der Waals surface area contributed by atoms with E-state index in [2.05, 4.69) is 0 Å². The van der Waals surface area contributed by atoms with E-state index in [1.807, 2.05) is 0 Å². The average molecular weight is 291 g/mol. The zero-order valence-corrected chi connectivity index (χ0v) is 11.3. The third-order valence-corrected chi connectivity index (χ3v) is 3.18. The van der Waals surface area contributed by atoms with Crippen molar-refractivity contribution in [3.63, 3.8) is 0 Å². The molecular weight excluding hydrogens is 274 g/mol. The Morgan fingerprint density at radius 2 is 1.81 bits per heavy atom. The van der Waals surface area contributed by atoms with E-state index < -0.39 is 18.2 Å². The summed E-state index contributed by atoms with van der Waals surface area (Å²) in [4.78, 5) is 10.8. The van der Waals surface area contributed by atoms with Crippen LogP contribution in [0.2, 0.25) is 0 Å². The summed E-state index contributed by atoms with van der Waals surface area (Å²) < 4.78 is 5.19. The molecule has 2 unspecified atom stereocenters. The number of nitrogens with two attached hydrogens (primary N) is 1. The van der Waals surface area contributed by atoms with E-state index in [-0.39, 0.29) is 5.76 Å². The van der Waals surface area contributed by atoms with Crippen LogP contribution in [0, 0.1) is 0 Å². The molecule has 0 fully saturated rings. The van der Waals surface area contributed by atoms with E-state index in [9.17, 15) is 15.0 Å². The van der Waals surface area contributed by atoms with Crippen LogP contribution in [0.15, 0.2) is 40.8 Å². The van der Waals surface area contributed by atoms with E-state index in [0.29, 0.717) is 29.9 Å². The molecule has 0 spiro atoms. The van der Waals surface area contributed by atoms with Crippen LogP contribution in [-0.4, -0.2) is 33.9 Å². The number of hydrogen-bond donors (Lipinski definition) is 4. The van der Waals surface area contributed by atoms with Gasteiger partial charge in [-0.05, 0) is 30.7 Å². The van der Waals surface area contributed by atoms with Crippen molar-refractivity contribution in [1.82, 2.24) is 0 Å². The zero-order valence-electron chi connectivity index (χ0n) is 11.3. The lowest BCUT2D eigenvalue weighted by molar-refractivity contribution is 0.0150. The van der Waals surface area contributed by atoms with E-state index in [1.165, 1.54) is 6.07 Å². The van der Waals surface area contributed by atoms with E-state index in [1.54, 1.807) is 30.3 Å². The fourth-order valence-corrected chi connectivity index (χ4v) is 2.00. The molecule has 0 aliphatic rings. The van der Waals surface area contributed by atoms with Gasteiger partial charge in [-0.25, -0.2) is 4.79 Å². The van der Waals surface area contributed by atoms with Gasteiger partial charge in [-0.15, -0.1) is 0 Å². The maximum Gasteiger partial charge on any atom is 0.371 e. The third kappa shape index (κ3) is 3.49. The van der Waals surface area contributed by atoms with Gasteiger partial charge in [0.1, 0.15) is 11.9 Å². The molecule has 6 heteroatoms. The number of aliphatic hydroxyl groups is 2. The fraction of sp³-hybridized carbons (Fsp3) is 0.267. The number of aromatic carboxylic acids is 1. The minimum absolute atomic E-state index is 0.132. The molecule has 0 amide bonds. The zero-order chi connectivity index (χ0) is 15.4. The lowest BCUT2D eigenvalue weighted by atomic mass is 10.0. The largest absolute Gasteiger partial charge is 0.475 e. The third-order valence-electron chi connectivity index (χ3n) is 3.18. The van der Waals surface area contributed by atoms with Gasteiger partial charge in [0.25, 0.3) is 0 Å². The van der Waals surface area contributed by atoms with E-state index in [4.69, 9.17) is 15.3 Å². The van der Waals surface area contributed by atoms with Gasteiger partial charge < -0.3 is 25.5 Å². The normalized spacial score (nSPS) is 13.9. The number of carboxylic acid groups (broad SMARTS) is 1. The molecule has 0 aliphatic heterocycles. The molecule has 0 saturated heterocycles. The maximum atomic E-state index is 10.8. The van der Waals surface area contributed by atoms with Gasteiger partial charge in [0.05, 0.1) is 6.10 Å². The van der Waals surface area contributed by atoms with Crippen molar-refractivity contribution in [3.8, 4) is 11.3 Å². The van der Waals surface area contributed by atoms with E-state index >= 15 is 0 Å². The molecule has 21 heavy (non-hydrogen) atoms. The molecule has 0 saturated carbocycles. The van der Waals surface area contributed by atoms with Gasteiger partial charge in [0, 0.05) is 5.56 Å². The van der Waals surface area contributed by atoms with Gasteiger partial charge in [-0.2, -0.15) is 0 Å². The lowest BCUT2D eigenvalue weighted by Gasteiger charge is -2.17. The summed E-state index contributed by atoms with van der Waals surface area (Å²) >= 11 is 0. The number of carbonyl (C=O) groups is 1. The molecule has 2 atom stereocenters. The fourth-order valence-electron chi connectivity index (χ4n) is 2.00. The molecule has 0 radical (unpaired) electrons. The van der Waals surface area contributed by atoms with Gasteiger partial charge in [0.15, 0.2) is 0 Å². The van der Waals surface area contributed by atoms with Crippen LogP contribution >= 0.6 is 0 Å². The average Bonchev–Trinajstić information content (AvgIpc) is 2.97. The summed E-state index contributed by atoms with van der Waals surface area (Å²) in [6.07, 6.45) is -1.61. The van der Waals surface area contributed by atoms with Crippen molar-refractivity contribution in [2.75, 3.05) is 6.54 Å². The Morgan fingerprint density at radius 1 is 1.14 bits per heavy atom. The Kier molecular flexibility index (Phi) is 4.74. The highest BCUT2D eigenvalue weighted by atomic mass is 16.4.